The van der Waals surface area contributed by atoms with Crippen LogP contribution in [-0.2, 0) is 6.42 Å². The second-order valence-corrected chi connectivity index (χ2v) is 3.97. The lowest BCUT2D eigenvalue weighted by molar-refractivity contribution is 0.469. The maximum Gasteiger partial charge on any atom is 0.135 e. The van der Waals surface area contributed by atoms with Gasteiger partial charge in [0.1, 0.15) is 5.75 Å². The molecule has 1 aliphatic rings. The Hall–Kier alpha value is -2.20. The Balaban J connectivity index is 2.29. The summed E-state index contributed by atoms with van der Waals surface area (Å²) in [7, 11) is 0. The van der Waals surface area contributed by atoms with Crippen molar-refractivity contribution < 1.29 is 5.11 Å². The summed E-state index contributed by atoms with van der Waals surface area (Å²) in [6.07, 6.45) is 6.11. The number of phenolic OH excluding ortho intramolecular Hbond substituents is 1. The molecular formula is C15H10O. The van der Waals surface area contributed by atoms with Gasteiger partial charge in [0.05, 0.1) is 5.56 Å². The molecule has 16 heavy (non-hydrogen) atoms. The van der Waals surface area contributed by atoms with E-state index in [0.717, 1.165) is 17.5 Å². The first kappa shape index (κ1) is 9.06. The molecule has 3 rings (SSSR count). The second kappa shape index (κ2) is 3.15. The van der Waals surface area contributed by atoms with Crippen LogP contribution in [0.3, 0.4) is 0 Å². The van der Waals surface area contributed by atoms with Crippen LogP contribution in [0.25, 0.3) is 11.1 Å². The first-order chi connectivity index (χ1) is 7.81. The zero-order chi connectivity index (χ0) is 11.1. The van der Waals surface area contributed by atoms with E-state index in [1.54, 1.807) is 6.07 Å². The van der Waals surface area contributed by atoms with Crippen molar-refractivity contribution in [3.05, 3.63) is 53.1 Å². The lowest BCUT2D eigenvalue weighted by Crippen LogP contribution is -1.85. The molecule has 0 aromatic heterocycles. The third kappa shape index (κ3) is 1.07. The Labute approximate surface area is 94.4 Å². The zero-order valence-corrected chi connectivity index (χ0v) is 8.70. The van der Waals surface area contributed by atoms with Crippen molar-refractivity contribution in [3.8, 4) is 29.2 Å². The average Bonchev–Trinajstić information content (AvgIpc) is 2.69. The maximum absolute atomic E-state index is 10.0. The average molecular weight is 206 g/mol. The molecule has 76 valence electrons. The smallest absolute Gasteiger partial charge is 0.135 e. The fourth-order valence-corrected chi connectivity index (χ4v) is 2.31. The summed E-state index contributed by atoms with van der Waals surface area (Å²) in [6.45, 7) is 0. The van der Waals surface area contributed by atoms with Crippen molar-refractivity contribution in [3.63, 3.8) is 0 Å². The lowest BCUT2D eigenvalue weighted by Gasteiger charge is -2.04. The number of phenols is 1. The van der Waals surface area contributed by atoms with E-state index in [0.29, 0.717) is 5.56 Å². The molecule has 0 atom stereocenters. The van der Waals surface area contributed by atoms with Crippen LogP contribution in [0.15, 0.2) is 36.4 Å². The number of benzene rings is 2. The van der Waals surface area contributed by atoms with Crippen LogP contribution in [0.1, 0.15) is 16.7 Å². The number of hydrogen-bond acceptors (Lipinski definition) is 1. The molecule has 0 radical (unpaired) electrons. The molecule has 0 unspecified atom stereocenters. The van der Waals surface area contributed by atoms with Crippen molar-refractivity contribution in [1.29, 1.82) is 0 Å². The van der Waals surface area contributed by atoms with Crippen LogP contribution in [0, 0.1) is 12.3 Å². The highest BCUT2D eigenvalue weighted by atomic mass is 16.3. The fraction of sp³-hybridized carbons (Fsp3) is 0.0667. The summed E-state index contributed by atoms with van der Waals surface area (Å²) in [5.41, 5.74) is 5.09. The van der Waals surface area contributed by atoms with Gasteiger partial charge < -0.3 is 5.11 Å². The molecule has 1 N–H and O–H groups in total. The van der Waals surface area contributed by atoms with Gasteiger partial charge in [-0.05, 0) is 22.8 Å². The van der Waals surface area contributed by atoms with Crippen molar-refractivity contribution in [1.82, 2.24) is 0 Å². The Morgan fingerprint density at radius 2 is 1.88 bits per heavy atom. The van der Waals surface area contributed by atoms with Gasteiger partial charge in [0, 0.05) is 12.0 Å². The first-order valence-electron chi connectivity index (χ1n) is 5.21. The molecule has 1 nitrogen and oxygen atoms in total. The quantitative estimate of drug-likeness (QED) is 0.561. The SMILES string of the molecule is C#Cc1ccc2c(c1O)Cc1ccccc1-2. The lowest BCUT2D eigenvalue weighted by atomic mass is 10.0. The molecule has 2 aromatic carbocycles. The third-order valence-corrected chi connectivity index (χ3v) is 3.11. The summed E-state index contributed by atoms with van der Waals surface area (Å²) in [6, 6.07) is 12.0. The van der Waals surface area contributed by atoms with Gasteiger partial charge in [-0.15, -0.1) is 6.42 Å². The minimum atomic E-state index is 0.260. The molecule has 0 saturated carbocycles. The molecule has 1 heteroatoms. The van der Waals surface area contributed by atoms with Crippen molar-refractivity contribution in [2.75, 3.05) is 0 Å². The molecule has 2 aromatic rings. The number of hydrogen-bond donors (Lipinski definition) is 1. The van der Waals surface area contributed by atoms with Crippen LogP contribution in [0.5, 0.6) is 5.75 Å². The number of terminal acetylenes is 1. The molecule has 1 aliphatic carbocycles. The van der Waals surface area contributed by atoms with E-state index in [2.05, 4.69) is 18.1 Å². The number of fused-ring (bicyclic) bond motifs is 3. The molecular weight excluding hydrogens is 196 g/mol. The van der Waals surface area contributed by atoms with E-state index in [1.165, 1.54) is 11.1 Å². The predicted molar refractivity (Wildman–Crippen MR) is 64.3 cm³/mol. The van der Waals surface area contributed by atoms with Gasteiger partial charge in [0.2, 0.25) is 0 Å². The third-order valence-electron chi connectivity index (χ3n) is 3.11. The highest BCUT2D eigenvalue weighted by Crippen LogP contribution is 2.41. The van der Waals surface area contributed by atoms with Gasteiger partial charge >= 0.3 is 0 Å². The maximum atomic E-state index is 10.0. The van der Waals surface area contributed by atoms with E-state index in [9.17, 15) is 5.11 Å². The van der Waals surface area contributed by atoms with Crippen molar-refractivity contribution in [2.24, 2.45) is 0 Å². The minimum absolute atomic E-state index is 0.260. The summed E-state index contributed by atoms with van der Waals surface area (Å²) >= 11 is 0. The Bertz CT molecular complexity index is 618. The normalized spacial score (nSPS) is 11.7. The van der Waals surface area contributed by atoms with E-state index < -0.39 is 0 Å². The highest BCUT2D eigenvalue weighted by Gasteiger charge is 2.21. The standard InChI is InChI=1S/C15H10O/c1-2-10-7-8-13-12-6-4-3-5-11(12)9-14(13)15(10)16/h1,3-8,16H,9H2. The fourth-order valence-electron chi connectivity index (χ4n) is 2.31. The second-order valence-electron chi connectivity index (χ2n) is 3.97. The van der Waals surface area contributed by atoms with E-state index in [1.807, 2.05) is 18.2 Å². The van der Waals surface area contributed by atoms with Gasteiger partial charge in [-0.3, -0.25) is 0 Å². The van der Waals surface area contributed by atoms with Gasteiger partial charge in [0.25, 0.3) is 0 Å². The molecule has 0 bridgehead atoms. The largest absolute Gasteiger partial charge is 0.506 e. The molecule has 0 fully saturated rings. The van der Waals surface area contributed by atoms with Gasteiger partial charge in [-0.25, -0.2) is 0 Å². The zero-order valence-electron chi connectivity index (χ0n) is 8.70. The van der Waals surface area contributed by atoms with Crippen molar-refractivity contribution in [2.45, 2.75) is 6.42 Å². The summed E-state index contributed by atoms with van der Waals surface area (Å²) in [5, 5.41) is 10.0. The predicted octanol–water partition coefficient (Wildman–Crippen LogP) is 2.94. The summed E-state index contributed by atoms with van der Waals surface area (Å²) < 4.78 is 0. The number of rotatable bonds is 0. The highest BCUT2D eigenvalue weighted by molar-refractivity contribution is 5.80. The molecule has 0 amide bonds. The minimum Gasteiger partial charge on any atom is -0.506 e. The van der Waals surface area contributed by atoms with Crippen LogP contribution < -0.4 is 0 Å². The summed E-state index contributed by atoms with van der Waals surface area (Å²) in [4.78, 5) is 0. The van der Waals surface area contributed by atoms with Crippen LogP contribution in [0.2, 0.25) is 0 Å². The molecule has 0 saturated heterocycles. The van der Waals surface area contributed by atoms with Gasteiger partial charge in [-0.1, -0.05) is 36.3 Å². The van der Waals surface area contributed by atoms with Gasteiger partial charge in [0.15, 0.2) is 0 Å². The Morgan fingerprint density at radius 3 is 2.69 bits per heavy atom. The monoisotopic (exact) mass is 206 g/mol. The van der Waals surface area contributed by atoms with Gasteiger partial charge in [-0.2, -0.15) is 0 Å². The topological polar surface area (TPSA) is 20.2 Å². The Kier molecular flexibility index (Phi) is 1.78. The van der Waals surface area contributed by atoms with Crippen LogP contribution in [-0.4, -0.2) is 5.11 Å². The van der Waals surface area contributed by atoms with E-state index in [4.69, 9.17) is 6.42 Å². The number of aromatic hydroxyl groups is 1. The first-order valence-corrected chi connectivity index (χ1v) is 5.21. The summed E-state index contributed by atoms with van der Waals surface area (Å²) in [5.74, 6) is 2.76. The van der Waals surface area contributed by atoms with Crippen LogP contribution >= 0.6 is 0 Å². The molecule has 0 spiro atoms. The molecule has 0 aliphatic heterocycles. The molecule has 0 heterocycles. The van der Waals surface area contributed by atoms with Crippen LogP contribution in [0.4, 0.5) is 0 Å². The van der Waals surface area contributed by atoms with Crippen molar-refractivity contribution >= 4 is 0 Å². The van der Waals surface area contributed by atoms with E-state index in [-0.39, 0.29) is 5.75 Å². The Morgan fingerprint density at radius 1 is 1.06 bits per heavy atom. The van der Waals surface area contributed by atoms with E-state index >= 15 is 0 Å².